The summed E-state index contributed by atoms with van der Waals surface area (Å²) < 4.78 is 0. The smallest absolute Gasteiger partial charge is 0.119 e. The number of benzene rings is 1. The van der Waals surface area contributed by atoms with Crippen molar-refractivity contribution in [2.75, 3.05) is 5.73 Å². The molecule has 0 aliphatic rings. The molecular weight excluding hydrogens is 212 g/mol. The highest BCUT2D eigenvalue weighted by Crippen LogP contribution is 2.32. The fourth-order valence-electron chi connectivity index (χ4n) is 2.07. The number of aromatic amines is 2. The zero-order valence-electron chi connectivity index (χ0n) is 8.99. The summed E-state index contributed by atoms with van der Waals surface area (Å²) in [6.07, 6.45) is 3.66. The summed E-state index contributed by atoms with van der Waals surface area (Å²) in [5, 5.41) is 10.2. The second-order valence-electron chi connectivity index (χ2n) is 3.85. The van der Waals surface area contributed by atoms with Gasteiger partial charge in [0.1, 0.15) is 17.5 Å². The quantitative estimate of drug-likeness (QED) is 0.591. The van der Waals surface area contributed by atoms with E-state index in [0.29, 0.717) is 11.4 Å². The molecule has 0 unspecified atom stereocenters. The zero-order chi connectivity index (χ0) is 11.8. The first-order valence-corrected chi connectivity index (χ1v) is 5.24. The molecule has 2 aromatic heterocycles. The molecule has 0 amide bonds. The van der Waals surface area contributed by atoms with E-state index in [1.165, 1.54) is 0 Å². The van der Waals surface area contributed by atoms with Gasteiger partial charge in [0.25, 0.3) is 0 Å². The highest BCUT2D eigenvalue weighted by atomic mass is 14.8. The van der Waals surface area contributed by atoms with Gasteiger partial charge in [-0.3, -0.25) is 0 Å². The van der Waals surface area contributed by atoms with Gasteiger partial charge < -0.3 is 15.7 Å². The van der Waals surface area contributed by atoms with Crippen LogP contribution in [0.5, 0.6) is 0 Å². The minimum Gasteiger partial charge on any atom is -0.384 e. The molecule has 0 atom stereocenters. The van der Waals surface area contributed by atoms with E-state index in [0.717, 1.165) is 22.0 Å². The van der Waals surface area contributed by atoms with Crippen molar-refractivity contribution in [2.24, 2.45) is 0 Å². The van der Waals surface area contributed by atoms with Crippen molar-refractivity contribution in [1.29, 1.82) is 5.26 Å². The molecule has 4 nitrogen and oxygen atoms in total. The van der Waals surface area contributed by atoms with Gasteiger partial charge >= 0.3 is 0 Å². The number of rotatable bonds is 1. The number of nitriles is 1. The van der Waals surface area contributed by atoms with E-state index < -0.39 is 0 Å². The van der Waals surface area contributed by atoms with Crippen LogP contribution in [0.15, 0.2) is 36.7 Å². The second-order valence-corrected chi connectivity index (χ2v) is 3.85. The average molecular weight is 222 g/mol. The molecule has 0 aliphatic heterocycles. The van der Waals surface area contributed by atoms with Gasteiger partial charge in [-0.25, -0.2) is 0 Å². The number of hydrogen-bond donors (Lipinski definition) is 3. The number of nitrogens with zero attached hydrogens (tertiary/aromatic N) is 1. The summed E-state index contributed by atoms with van der Waals surface area (Å²) >= 11 is 0. The molecule has 82 valence electrons. The number of aromatic nitrogens is 2. The van der Waals surface area contributed by atoms with Crippen molar-refractivity contribution in [3.63, 3.8) is 0 Å². The Hall–Kier alpha value is -2.67. The van der Waals surface area contributed by atoms with Crippen LogP contribution in [-0.2, 0) is 0 Å². The Morgan fingerprint density at radius 3 is 2.65 bits per heavy atom. The Bertz CT molecular complexity index is 727. The number of nitrogens with one attached hydrogen (secondary N) is 2. The third-order valence-electron chi connectivity index (χ3n) is 2.90. The number of fused-ring (bicyclic) bond motifs is 1. The highest BCUT2D eigenvalue weighted by Gasteiger charge is 2.13. The van der Waals surface area contributed by atoms with Gasteiger partial charge in [-0.1, -0.05) is 18.2 Å². The number of anilines is 1. The van der Waals surface area contributed by atoms with Crippen molar-refractivity contribution in [2.45, 2.75) is 0 Å². The van der Waals surface area contributed by atoms with E-state index in [2.05, 4.69) is 16.0 Å². The molecule has 17 heavy (non-hydrogen) atoms. The first-order chi connectivity index (χ1) is 8.31. The summed E-state index contributed by atoms with van der Waals surface area (Å²) in [5.74, 6) is 0.410. The molecule has 1 aromatic carbocycles. The predicted molar refractivity (Wildman–Crippen MR) is 67.2 cm³/mol. The van der Waals surface area contributed by atoms with E-state index >= 15 is 0 Å². The maximum absolute atomic E-state index is 9.10. The van der Waals surface area contributed by atoms with Crippen LogP contribution in [0.25, 0.3) is 22.0 Å². The fraction of sp³-hybridized carbons (Fsp3) is 0. The number of H-pyrrole nitrogens is 2. The van der Waals surface area contributed by atoms with Gasteiger partial charge in [0.2, 0.25) is 0 Å². The van der Waals surface area contributed by atoms with E-state index in [1.807, 2.05) is 30.5 Å². The monoisotopic (exact) mass is 222 g/mol. The molecular formula is C13H10N4. The lowest BCUT2D eigenvalue weighted by Gasteiger charge is -1.96. The lowest BCUT2D eigenvalue weighted by Crippen LogP contribution is -1.87. The van der Waals surface area contributed by atoms with Crippen LogP contribution in [0.4, 0.5) is 5.82 Å². The molecule has 4 N–H and O–H groups in total. The van der Waals surface area contributed by atoms with Gasteiger partial charge in [-0.15, -0.1) is 0 Å². The average Bonchev–Trinajstić information content (AvgIpc) is 2.92. The van der Waals surface area contributed by atoms with Crippen LogP contribution in [-0.4, -0.2) is 9.97 Å². The zero-order valence-corrected chi connectivity index (χ0v) is 8.99. The largest absolute Gasteiger partial charge is 0.384 e. The first kappa shape index (κ1) is 9.55. The molecule has 4 heteroatoms. The normalized spacial score (nSPS) is 10.5. The standard InChI is InChI=1S/C13H10N4/c14-5-9-11(7-17-13(9)15)10-6-16-12-4-2-1-3-8(10)12/h1-4,6-7,16-17H,15H2. The van der Waals surface area contributed by atoms with Crippen molar-refractivity contribution < 1.29 is 0 Å². The number of nitrogen functional groups attached to an aromatic ring is 1. The van der Waals surface area contributed by atoms with Gasteiger partial charge in [0.15, 0.2) is 0 Å². The fourth-order valence-corrected chi connectivity index (χ4v) is 2.07. The third-order valence-corrected chi connectivity index (χ3v) is 2.90. The van der Waals surface area contributed by atoms with Crippen LogP contribution >= 0.6 is 0 Å². The SMILES string of the molecule is N#Cc1c(-c2c[nH]c3ccccc23)c[nH]c1N. The Labute approximate surface area is 97.7 Å². The molecule has 0 spiro atoms. The summed E-state index contributed by atoms with van der Waals surface area (Å²) in [6.45, 7) is 0. The Morgan fingerprint density at radius 2 is 1.82 bits per heavy atom. The van der Waals surface area contributed by atoms with Crippen molar-refractivity contribution in [1.82, 2.24) is 9.97 Å². The minimum absolute atomic E-state index is 0.410. The molecule has 0 saturated carbocycles. The second kappa shape index (κ2) is 3.42. The molecule has 3 rings (SSSR count). The summed E-state index contributed by atoms with van der Waals surface area (Å²) in [6, 6.07) is 10.1. The Balaban J connectivity index is 2.32. The lowest BCUT2D eigenvalue weighted by molar-refractivity contribution is 1.40. The molecule has 2 heterocycles. The van der Waals surface area contributed by atoms with Crippen LogP contribution in [0.2, 0.25) is 0 Å². The number of nitrogens with two attached hydrogens (primary N) is 1. The van der Waals surface area contributed by atoms with E-state index in [-0.39, 0.29) is 0 Å². The molecule has 0 radical (unpaired) electrons. The van der Waals surface area contributed by atoms with Gasteiger partial charge in [0, 0.05) is 34.4 Å². The van der Waals surface area contributed by atoms with Crippen molar-refractivity contribution in [3.8, 4) is 17.2 Å². The molecule has 0 saturated heterocycles. The van der Waals surface area contributed by atoms with Crippen LogP contribution in [0.1, 0.15) is 5.56 Å². The van der Waals surface area contributed by atoms with E-state index in [4.69, 9.17) is 11.0 Å². The summed E-state index contributed by atoms with van der Waals surface area (Å²) in [5.41, 5.74) is 9.08. The molecule has 0 fully saturated rings. The highest BCUT2D eigenvalue weighted by molar-refractivity contribution is 5.97. The molecule has 0 bridgehead atoms. The molecule has 0 aliphatic carbocycles. The van der Waals surface area contributed by atoms with Gasteiger partial charge in [-0.2, -0.15) is 5.26 Å². The van der Waals surface area contributed by atoms with Crippen molar-refractivity contribution >= 4 is 16.7 Å². The van der Waals surface area contributed by atoms with Crippen LogP contribution in [0.3, 0.4) is 0 Å². The first-order valence-electron chi connectivity index (χ1n) is 5.24. The summed E-state index contributed by atoms with van der Waals surface area (Å²) in [4.78, 5) is 6.07. The van der Waals surface area contributed by atoms with Gasteiger partial charge in [0.05, 0.1) is 0 Å². The molecule has 3 aromatic rings. The predicted octanol–water partition coefficient (Wildman–Crippen LogP) is 2.62. The minimum atomic E-state index is 0.410. The lowest BCUT2D eigenvalue weighted by atomic mass is 10.0. The number of para-hydroxylation sites is 1. The topological polar surface area (TPSA) is 81.4 Å². The Morgan fingerprint density at radius 1 is 1.06 bits per heavy atom. The third kappa shape index (κ3) is 1.30. The number of hydrogen-bond acceptors (Lipinski definition) is 2. The Kier molecular flexibility index (Phi) is 1.92. The summed E-state index contributed by atoms with van der Waals surface area (Å²) in [7, 11) is 0. The van der Waals surface area contributed by atoms with Gasteiger partial charge in [-0.05, 0) is 6.07 Å². The van der Waals surface area contributed by atoms with Crippen molar-refractivity contribution in [3.05, 3.63) is 42.2 Å². The van der Waals surface area contributed by atoms with Crippen LogP contribution in [0, 0.1) is 11.3 Å². The maximum Gasteiger partial charge on any atom is 0.119 e. The van der Waals surface area contributed by atoms with Crippen LogP contribution < -0.4 is 5.73 Å². The maximum atomic E-state index is 9.10. The van der Waals surface area contributed by atoms with E-state index in [1.54, 1.807) is 6.20 Å². The van der Waals surface area contributed by atoms with E-state index in [9.17, 15) is 0 Å².